The van der Waals surface area contributed by atoms with Crippen molar-refractivity contribution in [2.45, 2.75) is 63.8 Å². The molecule has 0 aromatic heterocycles. The first-order chi connectivity index (χ1) is 15.5. The first kappa shape index (κ1) is 26.5. The van der Waals surface area contributed by atoms with Crippen molar-refractivity contribution in [2.75, 3.05) is 12.4 Å². The number of hydrogen-bond donors (Lipinski definition) is 5. The van der Waals surface area contributed by atoms with Gasteiger partial charge in [-0.05, 0) is 17.5 Å². The summed E-state index contributed by atoms with van der Waals surface area (Å²) in [5.41, 5.74) is 0.203. The van der Waals surface area contributed by atoms with Crippen molar-refractivity contribution in [3.05, 3.63) is 49.1 Å². The third-order valence-corrected chi connectivity index (χ3v) is 5.09. The fourth-order valence-corrected chi connectivity index (χ4v) is 3.31. The first-order valence-corrected chi connectivity index (χ1v) is 10.7. The summed E-state index contributed by atoms with van der Waals surface area (Å²) in [6.45, 7) is 9.40. The number of hydrogen-bond acceptors (Lipinski definition) is 7. The van der Waals surface area contributed by atoms with Crippen LogP contribution in [0, 0.1) is 5.41 Å². The van der Waals surface area contributed by atoms with E-state index in [2.05, 4.69) is 17.2 Å². The SMILES string of the molecule is C=CCC1Oc2ccccc2NC(=O)[C@H]1NC(=O)[C@H](OC)[C@H](O)[C@@H](O)[C@H](O)/C=C/C(C)(C)C. The number of carbonyl (C=O) groups is 2. The Labute approximate surface area is 194 Å². The minimum Gasteiger partial charge on any atom is -0.485 e. The van der Waals surface area contributed by atoms with Gasteiger partial charge in [0.15, 0.2) is 6.10 Å². The lowest BCUT2D eigenvalue weighted by molar-refractivity contribution is -0.151. The minimum absolute atomic E-state index is 0.256. The Balaban J connectivity index is 2.18. The van der Waals surface area contributed by atoms with Crippen LogP contribution in [0.1, 0.15) is 27.2 Å². The Morgan fingerprint density at radius 3 is 2.55 bits per heavy atom. The van der Waals surface area contributed by atoms with E-state index in [0.717, 1.165) is 0 Å². The number of nitrogens with one attached hydrogen (secondary N) is 2. The van der Waals surface area contributed by atoms with Crippen LogP contribution in [0.2, 0.25) is 0 Å². The molecule has 1 aliphatic rings. The summed E-state index contributed by atoms with van der Waals surface area (Å²) in [5, 5.41) is 36.4. The Morgan fingerprint density at radius 1 is 1.27 bits per heavy atom. The molecule has 9 heteroatoms. The molecule has 2 rings (SSSR count). The van der Waals surface area contributed by atoms with Crippen molar-refractivity contribution in [2.24, 2.45) is 5.41 Å². The van der Waals surface area contributed by atoms with Gasteiger partial charge in [-0.2, -0.15) is 0 Å². The second kappa shape index (κ2) is 11.4. The van der Waals surface area contributed by atoms with E-state index in [1.165, 1.54) is 13.2 Å². The van der Waals surface area contributed by atoms with E-state index in [0.29, 0.717) is 11.4 Å². The topological polar surface area (TPSA) is 137 Å². The second-order valence-electron chi connectivity index (χ2n) is 9.01. The summed E-state index contributed by atoms with van der Waals surface area (Å²) in [5.74, 6) is -0.917. The molecule has 0 radical (unpaired) electrons. The number of carbonyl (C=O) groups excluding carboxylic acids is 2. The summed E-state index contributed by atoms with van der Waals surface area (Å²) in [6, 6.07) is 5.73. The molecular formula is C24H34N2O7. The Hall–Kier alpha value is -2.72. The number of para-hydroxylation sites is 2. The maximum absolute atomic E-state index is 12.9. The van der Waals surface area contributed by atoms with Gasteiger partial charge in [-0.1, -0.05) is 51.1 Å². The average Bonchev–Trinajstić information content (AvgIpc) is 2.88. The summed E-state index contributed by atoms with van der Waals surface area (Å²) in [4.78, 5) is 25.8. The molecule has 0 saturated carbocycles. The fourth-order valence-electron chi connectivity index (χ4n) is 3.31. The highest BCUT2D eigenvalue weighted by molar-refractivity contribution is 6.00. The number of allylic oxidation sites excluding steroid dienone is 1. The molecule has 2 amide bonds. The van der Waals surface area contributed by atoms with E-state index in [1.54, 1.807) is 36.4 Å². The molecule has 1 aliphatic heterocycles. The van der Waals surface area contributed by atoms with Crippen LogP contribution >= 0.6 is 0 Å². The molecule has 33 heavy (non-hydrogen) atoms. The van der Waals surface area contributed by atoms with E-state index in [1.807, 2.05) is 20.8 Å². The number of rotatable bonds is 9. The molecule has 0 bridgehead atoms. The number of anilines is 1. The van der Waals surface area contributed by atoms with Gasteiger partial charge < -0.3 is 35.4 Å². The molecule has 0 fully saturated rings. The quantitative estimate of drug-likeness (QED) is 0.347. The molecule has 0 aliphatic carbocycles. The highest BCUT2D eigenvalue weighted by atomic mass is 16.5. The van der Waals surface area contributed by atoms with Crippen LogP contribution in [0.25, 0.3) is 0 Å². The van der Waals surface area contributed by atoms with E-state index in [9.17, 15) is 24.9 Å². The number of methoxy groups -OCH3 is 1. The molecule has 1 unspecified atom stereocenters. The van der Waals surface area contributed by atoms with E-state index >= 15 is 0 Å². The highest BCUT2D eigenvalue weighted by Crippen LogP contribution is 2.29. The molecule has 0 spiro atoms. The maximum Gasteiger partial charge on any atom is 0.252 e. The highest BCUT2D eigenvalue weighted by Gasteiger charge is 2.40. The zero-order valence-corrected chi connectivity index (χ0v) is 19.4. The van der Waals surface area contributed by atoms with Crippen LogP contribution in [0.3, 0.4) is 0 Å². The minimum atomic E-state index is -1.76. The van der Waals surface area contributed by atoms with Gasteiger partial charge in [-0.25, -0.2) is 0 Å². The van der Waals surface area contributed by atoms with Gasteiger partial charge in [-0.15, -0.1) is 6.58 Å². The summed E-state index contributed by atoms with van der Waals surface area (Å²) >= 11 is 0. The van der Waals surface area contributed by atoms with Gasteiger partial charge in [0, 0.05) is 13.5 Å². The lowest BCUT2D eigenvalue weighted by atomic mass is 9.94. The fraction of sp³-hybridized carbons (Fsp3) is 0.500. The van der Waals surface area contributed by atoms with Crippen molar-refractivity contribution in [1.29, 1.82) is 0 Å². The van der Waals surface area contributed by atoms with Crippen molar-refractivity contribution >= 4 is 17.5 Å². The summed E-state index contributed by atoms with van der Waals surface area (Å²) < 4.78 is 11.0. The van der Waals surface area contributed by atoms with Gasteiger partial charge in [0.2, 0.25) is 0 Å². The molecule has 5 N–H and O–H groups in total. The zero-order valence-electron chi connectivity index (χ0n) is 19.4. The summed E-state index contributed by atoms with van der Waals surface area (Å²) in [7, 11) is 1.18. The van der Waals surface area contributed by atoms with Crippen molar-refractivity contribution < 1.29 is 34.4 Å². The Kier molecular flexibility index (Phi) is 9.18. The third kappa shape index (κ3) is 7.13. The third-order valence-electron chi connectivity index (χ3n) is 5.09. The van der Waals surface area contributed by atoms with Crippen LogP contribution in [-0.4, -0.2) is 70.8 Å². The van der Waals surface area contributed by atoms with Crippen molar-refractivity contribution in [3.63, 3.8) is 0 Å². The zero-order chi connectivity index (χ0) is 24.8. The van der Waals surface area contributed by atoms with Gasteiger partial charge in [0.25, 0.3) is 11.8 Å². The lowest BCUT2D eigenvalue weighted by Crippen LogP contribution is -2.58. The molecule has 6 atom stereocenters. The molecule has 1 heterocycles. The maximum atomic E-state index is 12.9. The van der Waals surface area contributed by atoms with Gasteiger partial charge >= 0.3 is 0 Å². The van der Waals surface area contributed by atoms with E-state index in [-0.39, 0.29) is 11.8 Å². The van der Waals surface area contributed by atoms with Crippen LogP contribution in [-0.2, 0) is 14.3 Å². The number of ether oxygens (including phenoxy) is 2. The monoisotopic (exact) mass is 462 g/mol. The second-order valence-corrected chi connectivity index (χ2v) is 9.01. The molecule has 9 nitrogen and oxygen atoms in total. The number of aliphatic hydroxyl groups excluding tert-OH is 3. The number of fused-ring (bicyclic) bond motifs is 1. The van der Waals surface area contributed by atoms with Crippen LogP contribution in [0.5, 0.6) is 5.75 Å². The standard InChI is InChI=1S/C24H34N2O7/c1-6-9-17-18(22(30)25-14-10-7-8-11-16(14)33-17)26-23(31)21(32-5)20(29)19(28)15(27)12-13-24(2,3)4/h6-8,10-13,15,17-21,27-29H,1,9H2,2-5H3,(H,25,30)(H,26,31)/b13-12+/t15-,17?,18+,19+,20-,21-/m1/s1. The number of benzene rings is 1. The predicted molar refractivity (Wildman–Crippen MR) is 124 cm³/mol. The molecule has 1 aromatic carbocycles. The van der Waals surface area contributed by atoms with Gasteiger partial charge in [0.05, 0.1) is 5.69 Å². The van der Waals surface area contributed by atoms with Gasteiger partial charge in [-0.3, -0.25) is 9.59 Å². The first-order valence-electron chi connectivity index (χ1n) is 10.7. The largest absolute Gasteiger partial charge is 0.485 e. The van der Waals surface area contributed by atoms with Gasteiger partial charge in [0.1, 0.15) is 36.2 Å². The number of amides is 2. The molecule has 0 saturated heterocycles. The molecule has 182 valence electrons. The smallest absolute Gasteiger partial charge is 0.252 e. The van der Waals surface area contributed by atoms with Crippen LogP contribution < -0.4 is 15.4 Å². The van der Waals surface area contributed by atoms with Crippen LogP contribution in [0.15, 0.2) is 49.1 Å². The van der Waals surface area contributed by atoms with E-state index < -0.39 is 48.4 Å². The molecule has 1 aromatic rings. The normalized spacial score (nSPS) is 22.2. The van der Waals surface area contributed by atoms with Crippen molar-refractivity contribution in [3.8, 4) is 5.75 Å². The Bertz CT molecular complexity index is 865. The lowest BCUT2D eigenvalue weighted by Gasteiger charge is -2.30. The average molecular weight is 463 g/mol. The Morgan fingerprint density at radius 2 is 1.94 bits per heavy atom. The molecular weight excluding hydrogens is 428 g/mol. The predicted octanol–water partition coefficient (Wildman–Crippen LogP) is 1.15. The van der Waals surface area contributed by atoms with E-state index in [4.69, 9.17) is 9.47 Å². The van der Waals surface area contributed by atoms with Crippen molar-refractivity contribution in [1.82, 2.24) is 5.32 Å². The summed E-state index contributed by atoms with van der Waals surface area (Å²) in [6.07, 6.45) is -2.37. The number of aliphatic hydroxyl groups is 3. The van der Waals surface area contributed by atoms with Crippen LogP contribution in [0.4, 0.5) is 5.69 Å².